The molecule has 2 aliphatic heterocycles. The molecule has 1 aromatic rings. The lowest BCUT2D eigenvalue weighted by Gasteiger charge is -2.32. The number of carbonyl (C=O) groups excluding carboxylic acids is 2. The van der Waals surface area contributed by atoms with Crippen molar-refractivity contribution >= 4 is 11.8 Å². The Kier molecular flexibility index (Phi) is 4.91. The van der Waals surface area contributed by atoms with Crippen LogP contribution in [0.4, 0.5) is 0 Å². The quantitative estimate of drug-likeness (QED) is 0.820. The van der Waals surface area contributed by atoms with Crippen molar-refractivity contribution in [2.45, 2.75) is 19.3 Å². The maximum absolute atomic E-state index is 12.6. The Morgan fingerprint density at radius 1 is 0.826 bits per heavy atom. The Balaban J connectivity index is 1.71. The van der Waals surface area contributed by atoms with Gasteiger partial charge in [-0.05, 0) is 38.4 Å². The van der Waals surface area contributed by atoms with Gasteiger partial charge in [0.15, 0.2) is 0 Å². The number of pyridine rings is 1. The predicted molar refractivity (Wildman–Crippen MR) is 87.4 cm³/mol. The standard InChI is InChI=1S/C17H24N4O2/c1-19-10-12-21(13-11-19)17(23)15-7-5-6-14(18-15)16(22)20-8-3-2-4-9-20/h5-7H,2-4,8-13H2,1H3. The first kappa shape index (κ1) is 15.9. The minimum Gasteiger partial charge on any atom is -0.337 e. The molecular formula is C17H24N4O2. The fourth-order valence-corrected chi connectivity index (χ4v) is 3.10. The summed E-state index contributed by atoms with van der Waals surface area (Å²) in [6.45, 7) is 4.74. The van der Waals surface area contributed by atoms with Gasteiger partial charge in [0.2, 0.25) is 0 Å². The number of piperazine rings is 1. The van der Waals surface area contributed by atoms with E-state index in [9.17, 15) is 9.59 Å². The lowest BCUT2D eigenvalue weighted by Crippen LogP contribution is -2.47. The molecular weight excluding hydrogens is 292 g/mol. The molecule has 2 fully saturated rings. The molecule has 2 saturated heterocycles. The van der Waals surface area contributed by atoms with E-state index in [-0.39, 0.29) is 11.8 Å². The van der Waals surface area contributed by atoms with Gasteiger partial charge in [-0.2, -0.15) is 0 Å². The van der Waals surface area contributed by atoms with Gasteiger partial charge in [0.25, 0.3) is 11.8 Å². The minimum atomic E-state index is -0.0774. The van der Waals surface area contributed by atoms with E-state index in [0.29, 0.717) is 24.5 Å². The molecule has 124 valence electrons. The smallest absolute Gasteiger partial charge is 0.272 e. The minimum absolute atomic E-state index is 0.0577. The van der Waals surface area contributed by atoms with Gasteiger partial charge in [-0.25, -0.2) is 4.98 Å². The van der Waals surface area contributed by atoms with Crippen molar-refractivity contribution in [1.29, 1.82) is 0 Å². The second kappa shape index (κ2) is 7.08. The molecule has 6 nitrogen and oxygen atoms in total. The van der Waals surface area contributed by atoms with Crippen LogP contribution in [0.5, 0.6) is 0 Å². The molecule has 23 heavy (non-hydrogen) atoms. The summed E-state index contributed by atoms with van der Waals surface area (Å²) in [6.07, 6.45) is 3.27. The van der Waals surface area contributed by atoms with Crippen molar-refractivity contribution in [3.63, 3.8) is 0 Å². The van der Waals surface area contributed by atoms with Crippen LogP contribution in [0.25, 0.3) is 0 Å². The zero-order chi connectivity index (χ0) is 16.2. The third kappa shape index (κ3) is 3.69. The normalized spacial score (nSPS) is 19.7. The van der Waals surface area contributed by atoms with Gasteiger partial charge in [0.05, 0.1) is 0 Å². The van der Waals surface area contributed by atoms with Crippen molar-refractivity contribution < 1.29 is 9.59 Å². The number of amides is 2. The second-order valence-electron chi connectivity index (χ2n) is 6.36. The van der Waals surface area contributed by atoms with E-state index in [2.05, 4.69) is 16.9 Å². The molecule has 0 radical (unpaired) electrons. The molecule has 2 amide bonds. The first-order valence-corrected chi connectivity index (χ1v) is 8.39. The number of piperidine rings is 1. The molecule has 0 saturated carbocycles. The lowest BCUT2D eigenvalue weighted by molar-refractivity contribution is 0.0657. The number of hydrogen-bond donors (Lipinski definition) is 0. The predicted octanol–water partition coefficient (Wildman–Crippen LogP) is 1.10. The van der Waals surface area contributed by atoms with Crippen LogP contribution >= 0.6 is 0 Å². The molecule has 0 spiro atoms. The summed E-state index contributed by atoms with van der Waals surface area (Å²) in [7, 11) is 2.05. The van der Waals surface area contributed by atoms with Gasteiger partial charge in [-0.15, -0.1) is 0 Å². The Labute approximate surface area is 137 Å². The third-order valence-electron chi connectivity index (χ3n) is 4.62. The van der Waals surface area contributed by atoms with Crippen molar-refractivity contribution in [3.8, 4) is 0 Å². The molecule has 3 rings (SSSR count). The highest BCUT2D eigenvalue weighted by molar-refractivity contribution is 5.96. The Morgan fingerprint density at radius 3 is 1.91 bits per heavy atom. The molecule has 6 heteroatoms. The maximum Gasteiger partial charge on any atom is 0.272 e. The van der Waals surface area contributed by atoms with Gasteiger partial charge >= 0.3 is 0 Å². The average molecular weight is 316 g/mol. The Bertz CT molecular complexity index is 576. The third-order valence-corrected chi connectivity index (χ3v) is 4.62. The summed E-state index contributed by atoms with van der Waals surface area (Å²) < 4.78 is 0. The number of rotatable bonds is 2. The molecule has 1 aromatic heterocycles. The zero-order valence-corrected chi connectivity index (χ0v) is 13.7. The number of nitrogens with zero attached hydrogens (tertiary/aromatic N) is 4. The highest BCUT2D eigenvalue weighted by Crippen LogP contribution is 2.13. The average Bonchev–Trinajstić information content (AvgIpc) is 2.62. The first-order valence-electron chi connectivity index (χ1n) is 8.39. The number of hydrogen-bond acceptors (Lipinski definition) is 4. The highest BCUT2D eigenvalue weighted by Gasteiger charge is 2.24. The molecule has 0 atom stereocenters. The van der Waals surface area contributed by atoms with Gasteiger partial charge in [0.1, 0.15) is 11.4 Å². The van der Waals surface area contributed by atoms with E-state index in [1.807, 2.05) is 9.80 Å². The lowest BCUT2D eigenvalue weighted by atomic mass is 10.1. The summed E-state index contributed by atoms with van der Waals surface area (Å²) >= 11 is 0. The number of likely N-dealkylation sites (N-methyl/N-ethyl adjacent to an activating group) is 1. The topological polar surface area (TPSA) is 56.8 Å². The zero-order valence-electron chi connectivity index (χ0n) is 13.7. The van der Waals surface area contributed by atoms with Crippen molar-refractivity contribution in [2.75, 3.05) is 46.3 Å². The molecule has 3 heterocycles. The molecule has 0 N–H and O–H groups in total. The van der Waals surface area contributed by atoms with E-state index in [4.69, 9.17) is 0 Å². The SMILES string of the molecule is CN1CCN(C(=O)c2cccc(C(=O)N3CCCCC3)n2)CC1. The Hall–Kier alpha value is -1.95. The van der Waals surface area contributed by atoms with Gasteiger partial charge < -0.3 is 14.7 Å². The highest BCUT2D eigenvalue weighted by atomic mass is 16.2. The van der Waals surface area contributed by atoms with Crippen LogP contribution in [0.2, 0.25) is 0 Å². The fraction of sp³-hybridized carbons (Fsp3) is 0.588. The van der Waals surface area contributed by atoms with E-state index >= 15 is 0 Å². The van der Waals surface area contributed by atoms with Crippen LogP contribution in [0.15, 0.2) is 18.2 Å². The summed E-state index contributed by atoms with van der Waals surface area (Å²) in [5.41, 5.74) is 0.754. The van der Waals surface area contributed by atoms with Crippen molar-refractivity contribution in [1.82, 2.24) is 19.7 Å². The van der Waals surface area contributed by atoms with Gasteiger partial charge in [-0.3, -0.25) is 9.59 Å². The van der Waals surface area contributed by atoms with Crippen LogP contribution in [-0.4, -0.2) is 77.8 Å². The van der Waals surface area contributed by atoms with Crippen LogP contribution in [0, 0.1) is 0 Å². The molecule has 0 unspecified atom stereocenters. The first-order chi connectivity index (χ1) is 11.1. The summed E-state index contributed by atoms with van der Waals surface area (Å²) in [6, 6.07) is 5.17. The van der Waals surface area contributed by atoms with E-state index in [1.165, 1.54) is 6.42 Å². The Morgan fingerprint density at radius 2 is 1.35 bits per heavy atom. The van der Waals surface area contributed by atoms with E-state index in [0.717, 1.165) is 39.0 Å². The molecule has 0 aliphatic carbocycles. The summed E-state index contributed by atoms with van der Waals surface area (Å²) in [5, 5.41) is 0. The summed E-state index contributed by atoms with van der Waals surface area (Å²) in [4.78, 5) is 35.3. The molecule has 2 aliphatic rings. The van der Waals surface area contributed by atoms with Crippen molar-refractivity contribution in [3.05, 3.63) is 29.6 Å². The van der Waals surface area contributed by atoms with Crippen LogP contribution < -0.4 is 0 Å². The van der Waals surface area contributed by atoms with Gasteiger partial charge in [0, 0.05) is 39.3 Å². The van der Waals surface area contributed by atoms with Crippen molar-refractivity contribution in [2.24, 2.45) is 0 Å². The number of aromatic nitrogens is 1. The monoisotopic (exact) mass is 316 g/mol. The molecule has 0 bridgehead atoms. The van der Waals surface area contributed by atoms with Gasteiger partial charge in [-0.1, -0.05) is 6.07 Å². The number of likely N-dealkylation sites (tertiary alicyclic amines) is 1. The van der Waals surface area contributed by atoms with E-state index < -0.39 is 0 Å². The summed E-state index contributed by atoms with van der Waals surface area (Å²) in [5.74, 6) is -0.135. The van der Waals surface area contributed by atoms with Crippen LogP contribution in [0.1, 0.15) is 40.2 Å². The maximum atomic E-state index is 12.6. The van der Waals surface area contributed by atoms with Crippen LogP contribution in [0.3, 0.4) is 0 Å². The van der Waals surface area contributed by atoms with Crippen LogP contribution in [-0.2, 0) is 0 Å². The van der Waals surface area contributed by atoms with E-state index in [1.54, 1.807) is 18.2 Å². The second-order valence-corrected chi connectivity index (χ2v) is 6.36. The number of carbonyl (C=O) groups is 2. The fourth-order valence-electron chi connectivity index (χ4n) is 3.10. The molecule has 0 aromatic carbocycles. The largest absolute Gasteiger partial charge is 0.337 e.